The predicted molar refractivity (Wildman–Crippen MR) is 97.3 cm³/mol. The quantitative estimate of drug-likeness (QED) is 0.569. The van der Waals surface area contributed by atoms with E-state index in [0.717, 1.165) is 0 Å². The molecule has 0 atom stereocenters. The van der Waals surface area contributed by atoms with Gasteiger partial charge < -0.3 is 14.3 Å². The van der Waals surface area contributed by atoms with Gasteiger partial charge in [0.2, 0.25) is 5.69 Å². The van der Waals surface area contributed by atoms with Crippen LogP contribution in [0.25, 0.3) is 17.1 Å². The van der Waals surface area contributed by atoms with Gasteiger partial charge in [-0.2, -0.15) is 0 Å². The van der Waals surface area contributed by atoms with Crippen molar-refractivity contribution in [3.05, 3.63) is 70.6 Å². The van der Waals surface area contributed by atoms with E-state index in [-0.39, 0.29) is 23.9 Å². The maximum atomic E-state index is 12.4. The molecule has 0 radical (unpaired) electrons. The molecule has 0 saturated heterocycles. The minimum atomic E-state index is -0.584. The Bertz CT molecular complexity index is 1020. The smallest absolute Gasteiger partial charge is 0.396 e. The molecule has 3 rings (SSSR count). The van der Waals surface area contributed by atoms with E-state index in [1.54, 1.807) is 31.2 Å². The number of benzene rings is 2. The lowest BCUT2D eigenvalue weighted by Crippen LogP contribution is -2.37. The molecule has 1 aromatic heterocycles. The highest BCUT2D eigenvalue weighted by Crippen LogP contribution is 2.29. The van der Waals surface area contributed by atoms with Crippen molar-refractivity contribution < 1.29 is 18.8 Å². The Morgan fingerprint density at radius 3 is 2.54 bits per heavy atom. The van der Waals surface area contributed by atoms with E-state index in [4.69, 9.17) is 15.6 Å². The first-order chi connectivity index (χ1) is 12.7. The SMILES string of the molecule is C#CCOc1ccccc1-c1oc(=O)c(CC)c(O)[n+]1-c1ccccc1. The molecule has 1 heterocycles. The van der Waals surface area contributed by atoms with Crippen LogP contribution < -0.4 is 14.9 Å². The highest BCUT2D eigenvalue weighted by Gasteiger charge is 2.31. The van der Waals surface area contributed by atoms with E-state index in [9.17, 15) is 9.90 Å². The Balaban J connectivity index is 2.33. The number of aromatic nitrogens is 1. The predicted octanol–water partition coefficient (Wildman–Crippen LogP) is 2.86. The Morgan fingerprint density at radius 2 is 1.85 bits per heavy atom. The Kier molecular flexibility index (Phi) is 5.04. The average Bonchev–Trinajstić information content (AvgIpc) is 2.67. The molecular weight excluding hydrogens is 330 g/mol. The molecule has 0 fully saturated rings. The van der Waals surface area contributed by atoms with Gasteiger partial charge in [0.1, 0.15) is 23.5 Å². The van der Waals surface area contributed by atoms with E-state index in [1.807, 2.05) is 30.3 Å². The Morgan fingerprint density at radius 1 is 1.15 bits per heavy atom. The molecule has 5 heteroatoms. The first-order valence-corrected chi connectivity index (χ1v) is 8.19. The van der Waals surface area contributed by atoms with Crippen molar-refractivity contribution in [1.82, 2.24) is 0 Å². The molecule has 26 heavy (non-hydrogen) atoms. The lowest BCUT2D eigenvalue weighted by Gasteiger charge is -2.09. The monoisotopic (exact) mass is 348 g/mol. The van der Waals surface area contributed by atoms with Crippen LogP contribution in [0.1, 0.15) is 12.5 Å². The number of para-hydroxylation sites is 2. The molecule has 0 amide bonds. The summed E-state index contributed by atoms with van der Waals surface area (Å²) in [6.07, 6.45) is 5.62. The van der Waals surface area contributed by atoms with Crippen LogP contribution in [0.4, 0.5) is 0 Å². The third-order valence-corrected chi connectivity index (χ3v) is 3.92. The minimum absolute atomic E-state index is 0.0750. The number of terminal acetylenes is 1. The summed E-state index contributed by atoms with van der Waals surface area (Å²) in [4.78, 5) is 12.4. The molecule has 0 aliphatic heterocycles. The average molecular weight is 348 g/mol. The molecule has 2 aromatic carbocycles. The lowest BCUT2D eigenvalue weighted by molar-refractivity contribution is -0.604. The molecule has 0 unspecified atom stereocenters. The van der Waals surface area contributed by atoms with E-state index in [1.165, 1.54) is 4.57 Å². The summed E-state index contributed by atoms with van der Waals surface area (Å²) in [5, 5.41) is 10.8. The van der Waals surface area contributed by atoms with Crippen LogP contribution >= 0.6 is 0 Å². The van der Waals surface area contributed by atoms with E-state index >= 15 is 0 Å². The van der Waals surface area contributed by atoms with Gasteiger partial charge in [-0.3, -0.25) is 0 Å². The minimum Gasteiger partial charge on any atom is -0.480 e. The van der Waals surface area contributed by atoms with Gasteiger partial charge in [0.25, 0.3) is 0 Å². The lowest BCUT2D eigenvalue weighted by atomic mass is 10.1. The highest BCUT2D eigenvalue weighted by molar-refractivity contribution is 5.61. The molecule has 0 aliphatic rings. The van der Waals surface area contributed by atoms with Crippen LogP contribution in [0.5, 0.6) is 11.6 Å². The summed E-state index contributed by atoms with van der Waals surface area (Å²) >= 11 is 0. The van der Waals surface area contributed by atoms with Gasteiger partial charge in [0.05, 0.1) is 0 Å². The Labute approximate surface area is 151 Å². The first-order valence-electron chi connectivity index (χ1n) is 8.19. The molecule has 3 aromatic rings. The van der Waals surface area contributed by atoms with Gasteiger partial charge >= 0.3 is 17.4 Å². The maximum Gasteiger partial charge on any atom is 0.396 e. The van der Waals surface area contributed by atoms with Gasteiger partial charge in [-0.15, -0.1) is 6.42 Å². The first kappa shape index (κ1) is 17.3. The van der Waals surface area contributed by atoms with Crippen molar-refractivity contribution in [2.45, 2.75) is 13.3 Å². The van der Waals surface area contributed by atoms with Crippen LogP contribution in [-0.4, -0.2) is 11.7 Å². The number of rotatable bonds is 5. The summed E-state index contributed by atoms with van der Waals surface area (Å²) < 4.78 is 12.7. The molecule has 130 valence electrons. The second kappa shape index (κ2) is 7.58. The van der Waals surface area contributed by atoms with Gasteiger partial charge in [0, 0.05) is 12.1 Å². The fourth-order valence-corrected chi connectivity index (χ4v) is 2.70. The van der Waals surface area contributed by atoms with E-state index in [0.29, 0.717) is 23.4 Å². The van der Waals surface area contributed by atoms with Gasteiger partial charge in [-0.25, -0.2) is 4.79 Å². The summed E-state index contributed by atoms with van der Waals surface area (Å²) in [6.45, 7) is 1.86. The number of ether oxygens (including phenoxy) is 1. The molecular formula is C21H18NO4+. The third kappa shape index (κ3) is 3.17. The van der Waals surface area contributed by atoms with Gasteiger partial charge in [-0.05, 0) is 18.6 Å². The molecule has 0 aliphatic carbocycles. The number of aromatic hydroxyl groups is 1. The molecule has 0 spiro atoms. The topological polar surface area (TPSA) is 63.6 Å². The van der Waals surface area contributed by atoms with Crippen molar-refractivity contribution >= 4 is 0 Å². The summed E-state index contributed by atoms with van der Waals surface area (Å²) in [6, 6.07) is 16.2. The zero-order chi connectivity index (χ0) is 18.5. The van der Waals surface area contributed by atoms with Gasteiger partial charge in [0.15, 0.2) is 0 Å². The van der Waals surface area contributed by atoms with Crippen molar-refractivity contribution in [3.63, 3.8) is 0 Å². The van der Waals surface area contributed by atoms with Crippen molar-refractivity contribution in [3.8, 4) is 41.1 Å². The van der Waals surface area contributed by atoms with Crippen molar-refractivity contribution in [1.29, 1.82) is 0 Å². The van der Waals surface area contributed by atoms with Crippen molar-refractivity contribution in [2.75, 3.05) is 6.61 Å². The fourth-order valence-electron chi connectivity index (χ4n) is 2.70. The number of hydrogen-bond acceptors (Lipinski definition) is 4. The van der Waals surface area contributed by atoms with Crippen LogP contribution in [-0.2, 0) is 6.42 Å². The second-order valence-corrected chi connectivity index (χ2v) is 5.51. The molecule has 5 nitrogen and oxygen atoms in total. The second-order valence-electron chi connectivity index (χ2n) is 5.51. The van der Waals surface area contributed by atoms with E-state index in [2.05, 4.69) is 5.92 Å². The van der Waals surface area contributed by atoms with E-state index < -0.39 is 5.63 Å². The largest absolute Gasteiger partial charge is 0.480 e. The van der Waals surface area contributed by atoms with Crippen LogP contribution in [0, 0.1) is 12.3 Å². The van der Waals surface area contributed by atoms with Crippen LogP contribution in [0.3, 0.4) is 0 Å². The summed E-state index contributed by atoms with van der Waals surface area (Å²) in [5.74, 6) is 2.89. The van der Waals surface area contributed by atoms with Crippen molar-refractivity contribution in [2.24, 2.45) is 0 Å². The van der Waals surface area contributed by atoms with Crippen LogP contribution in [0.15, 0.2) is 63.8 Å². The highest BCUT2D eigenvalue weighted by atomic mass is 16.5. The molecule has 1 N–H and O–H groups in total. The van der Waals surface area contributed by atoms with Gasteiger partial charge in [-0.1, -0.05) is 47.7 Å². The Hall–Kier alpha value is -3.52. The standard InChI is InChI=1S/C21H17NO4/c1-3-14-25-18-13-9-8-12-17(18)20-22(15-10-6-5-7-11-15)19(23)16(4-2)21(24)26-20/h1,5-13H,4,14H2,2H3/p+1. The third-order valence-electron chi connectivity index (χ3n) is 3.92. The molecule has 0 saturated carbocycles. The maximum absolute atomic E-state index is 12.4. The number of hydrogen-bond donors (Lipinski definition) is 1. The number of nitrogens with zero attached hydrogens (tertiary/aromatic N) is 1. The van der Waals surface area contributed by atoms with Crippen LogP contribution in [0.2, 0.25) is 0 Å². The zero-order valence-electron chi connectivity index (χ0n) is 14.3. The fraction of sp³-hybridized carbons (Fsp3) is 0.143. The normalized spacial score (nSPS) is 10.3. The summed E-state index contributed by atoms with van der Waals surface area (Å²) in [7, 11) is 0. The molecule has 0 bridgehead atoms. The summed E-state index contributed by atoms with van der Waals surface area (Å²) in [5.41, 5.74) is 0.797. The zero-order valence-corrected chi connectivity index (χ0v) is 14.3.